The Morgan fingerprint density at radius 1 is 1.18 bits per heavy atom. The average Bonchev–Trinajstić information content (AvgIpc) is 2.45. The van der Waals surface area contributed by atoms with Gasteiger partial charge in [-0.2, -0.15) is 0 Å². The Balaban J connectivity index is 2.32. The lowest BCUT2D eigenvalue weighted by molar-refractivity contribution is 0.102. The number of nitrogens with one attached hydrogen (secondary N) is 2. The Morgan fingerprint density at radius 2 is 1.86 bits per heavy atom. The lowest BCUT2D eigenvalue weighted by Gasteiger charge is -2.11. The highest BCUT2D eigenvalue weighted by Gasteiger charge is 2.16. The molecule has 116 valence electrons. The number of aryl methyl sites for hydroxylation is 2. The van der Waals surface area contributed by atoms with Crippen molar-refractivity contribution in [1.82, 2.24) is 9.97 Å². The number of benzene rings is 1. The van der Waals surface area contributed by atoms with Crippen molar-refractivity contribution in [2.75, 3.05) is 19.5 Å². The normalized spacial score (nSPS) is 10.2. The van der Waals surface area contributed by atoms with Crippen molar-refractivity contribution in [1.29, 1.82) is 0 Å². The second kappa shape index (κ2) is 6.30. The number of hydrogen-bond acceptors (Lipinski definition) is 5. The molecule has 22 heavy (non-hydrogen) atoms. The van der Waals surface area contributed by atoms with Crippen LogP contribution >= 0.6 is 0 Å². The van der Waals surface area contributed by atoms with Gasteiger partial charge in [0.2, 0.25) is 0 Å². The van der Waals surface area contributed by atoms with E-state index in [1.54, 1.807) is 32.0 Å². The van der Waals surface area contributed by atoms with Crippen LogP contribution in [0.2, 0.25) is 0 Å². The highest BCUT2D eigenvalue weighted by molar-refractivity contribution is 6.04. The Bertz CT molecular complexity index is 768. The van der Waals surface area contributed by atoms with Gasteiger partial charge in [-0.1, -0.05) is 0 Å². The molecule has 0 radical (unpaired) electrons. The van der Waals surface area contributed by atoms with E-state index in [1.165, 1.54) is 14.2 Å². The molecule has 2 aromatic rings. The molecule has 7 heteroatoms. The number of nitrogens with zero attached hydrogens (tertiary/aromatic N) is 1. The topological polar surface area (TPSA) is 93.3 Å². The number of aromatic nitrogens is 2. The molecule has 2 rings (SSSR count). The first-order valence-corrected chi connectivity index (χ1v) is 6.57. The van der Waals surface area contributed by atoms with Gasteiger partial charge < -0.3 is 19.8 Å². The first kappa shape index (κ1) is 15.6. The molecule has 7 nitrogen and oxygen atoms in total. The largest absolute Gasteiger partial charge is 0.493 e. The van der Waals surface area contributed by atoms with Crippen LogP contribution in [0.5, 0.6) is 11.5 Å². The molecule has 0 fully saturated rings. The number of aromatic amines is 1. The van der Waals surface area contributed by atoms with Crippen LogP contribution in [0.4, 0.5) is 5.69 Å². The second-order valence-corrected chi connectivity index (χ2v) is 4.64. The van der Waals surface area contributed by atoms with Crippen LogP contribution in [0.1, 0.15) is 21.9 Å². The summed E-state index contributed by atoms with van der Waals surface area (Å²) in [5.74, 6) is 0.961. The van der Waals surface area contributed by atoms with E-state index in [4.69, 9.17) is 9.47 Å². The fraction of sp³-hybridized carbons (Fsp3) is 0.267. The average molecular weight is 303 g/mol. The molecular weight excluding hydrogens is 286 g/mol. The van der Waals surface area contributed by atoms with Crippen LogP contribution < -0.4 is 20.3 Å². The van der Waals surface area contributed by atoms with E-state index in [0.717, 1.165) is 0 Å². The third-order valence-electron chi connectivity index (χ3n) is 3.09. The number of amides is 1. The fourth-order valence-corrected chi connectivity index (χ4v) is 2.10. The van der Waals surface area contributed by atoms with Crippen LogP contribution in [0.25, 0.3) is 0 Å². The Kier molecular flexibility index (Phi) is 4.45. The van der Waals surface area contributed by atoms with Crippen LogP contribution in [0.15, 0.2) is 23.0 Å². The number of ether oxygens (including phenoxy) is 2. The molecule has 2 N–H and O–H groups in total. The quantitative estimate of drug-likeness (QED) is 0.896. The van der Waals surface area contributed by atoms with Crippen LogP contribution in [-0.4, -0.2) is 30.1 Å². The fourth-order valence-electron chi connectivity index (χ4n) is 2.10. The highest BCUT2D eigenvalue weighted by Crippen LogP contribution is 2.29. The van der Waals surface area contributed by atoms with Crippen molar-refractivity contribution in [3.8, 4) is 11.5 Å². The number of anilines is 1. The molecule has 0 bridgehead atoms. The minimum Gasteiger partial charge on any atom is -0.493 e. The molecule has 0 aliphatic rings. The minimum absolute atomic E-state index is 0.0135. The Labute approximate surface area is 127 Å². The van der Waals surface area contributed by atoms with Gasteiger partial charge in [0.05, 0.1) is 19.9 Å². The molecule has 0 spiro atoms. The highest BCUT2D eigenvalue weighted by atomic mass is 16.5. The van der Waals surface area contributed by atoms with Gasteiger partial charge in [0.1, 0.15) is 11.4 Å². The summed E-state index contributed by atoms with van der Waals surface area (Å²) in [7, 11) is 3.03. The molecule has 0 aliphatic heterocycles. The summed E-state index contributed by atoms with van der Waals surface area (Å²) >= 11 is 0. The third-order valence-corrected chi connectivity index (χ3v) is 3.09. The Morgan fingerprint density at radius 3 is 2.45 bits per heavy atom. The zero-order valence-electron chi connectivity index (χ0n) is 12.8. The number of carbonyl (C=O) groups excluding carboxylic acids is 1. The van der Waals surface area contributed by atoms with Crippen molar-refractivity contribution in [3.05, 3.63) is 45.6 Å². The monoisotopic (exact) mass is 303 g/mol. The van der Waals surface area contributed by atoms with Crippen LogP contribution in [0.3, 0.4) is 0 Å². The lowest BCUT2D eigenvalue weighted by atomic mass is 10.2. The predicted molar refractivity (Wildman–Crippen MR) is 81.8 cm³/mol. The SMILES string of the molecule is COc1ccc(NC(=O)c2c(C)nc(C)[nH]c2=O)cc1OC. The minimum atomic E-state index is -0.529. The van der Waals surface area contributed by atoms with Gasteiger partial charge in [0.15, 0.2) is 11.5 Å². The number of hydrogen-bond donors (Lipinski definition) is 2. The van der Waals surface area contributed by atoms with E-state index in [0.29, 0.717) is 28.7 Å². The lowest BCUT2D eigenvalue weighted by Crippen LogP contribution is -2.26. The van der Waals surface area contributed by atoms with Gasteiger partial charge in [-0.25, -0.2) is 4.98 Å². The van der Waals surface area contributed by atoms with Crippen LogP contribution in [-0.2, 0) is 0 Å². The van der Waals surface area contributed by atoms with Crippen molar-refractivity contribution in [2.45, 2.75) is 13.8 Å². The van der Waals surface area contributed by atoms with E-state index >= 15 is 0 Å². The summed E-state index contributed by atoms with van der Waals surface area (Å²) in [5, 5.41) is 2.65. The van der Waals surface area contributed by atoms with Gasteiger partial charge in [-0.05, 0) is 26.0 Å². The number of methoxy groups -OCH3 is 2. The molecule has 0 atom stereocenters. The van der Waals surface area contributed by atoms with Gasteiger partial charge in [0, 0.05) is 11.8 Å². The standard InChI is InChI=1S/C15H17N3O4/c1-8-13(14(19)17-9(2)16-8)15(20)18-10-5-6-11(21-3)12(7-10)22-4/h5-7H,1-4H3,(H,18,20)(H,16,17,19). The molecule has 1 heterocycles. The van der Waals surface area contributed by atoms with E-state index in [-0.39, 0.29) is 5.56 Å². The number of carbonyl (C=O) groups is 1. The summed E-state index contributed by atoms with van der Waals surface area (Å²) in [6.07, 6.45) is 0. The maximum absolute atomic E-state index is 12.3. The molecule has 0 aliphatic carbocycles. The number of H-pyrrole nitrogens is 1. The first-order chi connectivity index (χ1) is 10.5. The molecule has 1 aromatic heterocycles. The Hall–Kier alpha value is -2.83. The zero-order chi connectivity index (χ0) is 16.3. The smallest absolute Gasteiger partial charge is 0.264 e. The molecule has 1 amide bonds. The maximum atomic E-state index is 12.3. The van der Waals surface area contributed by atoms with Crippen LogP contribution in [0, 0.1) is 13.8 Å². The molecular formula is C15H17N3O4. The van der Waals surface area contributed by atoms with Crippen molar-refractivity contribution in [3.63, 3.8) is 0 Å². The first-order valence-electron chi connectivity index (χ1n) is 6.57. The van der Waals surface area contributed by atoms with Gasteiger partial charge in [0.25, 0.3) is 11.5 Å². The molecule has 0 saturated carbocycles. The summed E-state index contributed by atoms with van der Waals surface area (Å²) < 4.78 is 10.3. The van der Waals surface area contributed by atoms with Gasteiger partial charge >= 0.3 is 0 Å². The van der Waals surface area contributed by atoms with E-state index in [1.807, 2.05) is 0 Å². The van der Waals surface area contributed by atoms with E-state index < -0.39 is 11.5 Å². The summed E-state index contributed by atoms with van der Waals surface area (Å²) in [6.45, 7) is 3.27. The summed E-state index contributed by atoms with van der Waals surface area (Å²) in [5.41, 5.74) is 0.379. The predicted octanol–water partition coefficient (Wildman–Crippen LogP) is 1.66. The van der Waals surface area contributed by atoms with Gasteiger partial charge in [-0.15, -0.1) is 0 Å². The van der Waals surface area contributed by atoms with E-state index in [9.17, 15) is 9.59 Å². The van der Waals surface area contributed by atoms with Crippen molar-refractivity contribution < 1.29 is 14.3 Å². The maximum Gasteiger partial charge on any atom is 0.264 e. The van der Waals surface area contributed by atoms with Crippen molar-refractivity contribution in [2.24, 2.45) is 0 Å². The van der Waals surface area contributed by atoms with Crippen molar-refractivity contribution >= 4 is 11.6 Å². The third kappa shape index (κ3) is 3.08. The summed E-state index contributed by atoms with van der Waals surface area (Å²) in [6, 6.07) is 4.94. The number of rotatable bonds is 4. The molecule has 0 unspecified atom stereocenters. The van der Waals surface area contributed by atoms with E-state index in [2.05, 4.69) is 15.3 Å². The molecule has 1 aromatic carbocycles. The van der Waals surface area contributed by atoms with Gasteiger partial charge in [-0.3, -0.25) is 9.59 Å². The molecule has 0 saturated heterocycles. The zero-order valence-corrected chi connectivity index (χ0v) is 12.8. The second-order valence-electron chi connectivity index (χ2n) is 4.64. The summed E-state index contributed by atoms with van der Waals surface area (Å²) in [4.78, 5) is 30.8.